The van der Waals surface area contributed by atoms with Gasteiger partial charge >= 0.3 is 7.60 Å². The molecule has 0 bridgehead atoms. The van der Waals surface area contributed by atoms with Crippen LogP contribution in [0, 0.1) is 0 Å². The van der Waals surface area contributed by atoms with Crippen LogP contribution in [0.1, 0.15) is 13.8 Å². The predicted molar refractivity (Wildman–Crippen MR) is 62.4 cm³/mol. The summed E-state index contributed by atoms with van der Waals surface area (Å²) < 4.78 is 27.6. The monoisotopic (exact) mass is 249 g/mol. The quantitative estimate of drug-likeness (QED) is 0.674. The maximum Gasteiger partial charge on any atom is 0.355 e. The zero-order valence-corrected chi connectivity index (χ0v) is 10.8. The van der Waals surface area contributed by atoms with E-state index in [4.69, 9.17) is 13.8 Å². The number of morpholine rings is 1. The van der Waals surface area contributed by atoms with Gasteiger partial charge in [0.2, 0.25) is 0 Å². The smallest absolute Gasteiger partial charge is 0.355 e. The molecule has 16 heavy (non-hydrogen) atoms. The van der Waals surface area contributed by atoms with Gasteiger partial charge in [0.25, 0.3) is 0 Å². The number of nitrogens with zero attached hydrogens (tertiary/aromatic N) is 1. The van der Waals surface area contributed by atoms with Gasteiger partial charge in [-0.3, -0.25) is 4.57 Å². The fourth-order valence-electron chi connectivity index (χ4n) is 1.39. The molecule has 0 N–H and O–H groups in total. The van der Waals surface area contributed by atoms with Crippen molar-refractivity contribution in [1.29, 1.82) is 0 Å². The van der Waals surface area contributed by atoms with Gasteiger partial charge in [-0.15, -0.1) is 0 Å². The Morgan fingerprint density at radius 3 is 2.31 bits per heavy atom. The van der Waals surface area contributed by atoms with Crippen LogP contribution in [-0.2, 0) is 18.3 Å². The highest BCUT2D eigenvalue weighted by Gasteiger charge is 2.19. The normalized spacial score (nSPS) is 18.2. The van der Waals surface area contributed by atoms with Gasteiger partial charge in [0.15, 0.2) is 0 Å². The second-order valence-corrected chi connectivity index (χ2v) is 5.22. The molecular weight excluding hydrogens is 229 g/mol. The molecule has 0 aliphatic carbocycles. The van der Waals surface area contributed by atoms with E-state index in [2.05, 4.69) is 0 Å². The molecule has 1 rings (SSSR count). The van der Waals surface area contributed by atoms with Crippen molar-refractivity contribution in [3.8, 4) is 0 Å². The summed E-state index contributed by atoms with van der Waals surface area (Å²) in [7, 11) is -3.05. The number of hydrogen-bond donors (Lipinski definition) is 0. The van der Waals surface area contributed by atoms with Crippen LogP contribution < -0.4 is 0 Å². The Balaban J connectivity index is 2.52. The minimum atomic E-state index is -3.05. The van der Waals surface area contributed by atoms with Crippen LogP contribution in [0.3, 0.4) is 0 Å². The molecule has 6 heteroatoms. The van der Waals surface area contributed by atoms with Gasteiger partial charge in [0.05, 0.1) is 26.4 Å². The van der Waals surface area contributed by atoms with Crippen LogP contribution in [0.4, 0.5) is 0 Å². The van der Waals surface area contributed by atoms with E-state index in [0.29, 0.717) is 26.4 Å². The lowest BCUT2D eigenvalue weighted by Crippen LogP contribution is -2.32. The molecule has 0 saturated carbocycles. The third-order valence-corrected chi connectivity index (χ3v) is 3.86. The molecule has 0 unspecified atom stereocenters. The van der Waals surface area contributed by atoms with Crippen molar-refractivity contribution in [3.63, 3.8) is 0 Å². The second kappa shape index (κ2) is 7.07. The Hall–Kier alpha value is -0.350. The molecule has 94 valence electrons. The summed E-state index contributed by atoms with van der Waals surface area (Å²) in [5.41, 5.74) is 0. The molecule has 0 spiro atoms. The Kier molecular flexibility index (Phi) is 6.06. The average Bonchev–Trinajstić information content (AvgIpc) is 2.29. The van der Waals surface area contributed by atoms with E-state index in [1.54, 1.807) is 20.0 Å². The third-order valence-electron chi connectivity index (χ3n) is 2.12. The first kappa shape index (κ1) is 13.7. The van der Waals surface area contributed by atoms with E-state index in [-0.39, 0.29) is 0 Å². The maximum absolute atomic E-state index is 12.1. The number of hydrogen-bond acceptors (Lipinski definition) is 5. The van der Waals surface area contributed by atoms with E-state index >= 15 is 0 Å². The molecule has 1 saturated heterocycles. The van der Waals surface area contributed by atoms with Crippen molar-refractivity contribution in [3.05, 3.63) is 12.0 Å². The van der Waals surface area contributed by atoms with Crippen molar-refractivity contribution >= 4 is 7.60 Å². The Morgan fingerprint density at radius 2 is 1.81 bits per heavy atom. The summed E-state index contributed by atoms with van der Waals surface area (Å²) in [6.45, 7) is 7.40. The van der Waals surface area contributed by atoms with Crippen molar-refractivity contribution in [2.75, 3.05) is 39.5 Å². The number of ether oxygens (including phenoxy) is 1. The van der Waals surface area contributed by atoms with Gasteiger partial charge in [0.1, 0.15) is 0 Å². The average molecular weight is 249 g/mol. The van der Waals surface area contributed by atoms with Gasteiger partial charge in [-0.25, -0.2) is 0 Å². The molecule has 1 fully saturated rings. The lowest BCUT2D eigenvalue weighted by molar-refractivity contribution is 0.0593. The first-order valence-corrected chi connectivity index (χ1v) is 7.21. The lowest BCUT2D eigenvalue weighted by Gasteiger charge is -2.25. The van der Waals surface area contributed by atoms with E-state index in [9.17, 15) is 4.57 Å². The van der Waals surface area contributed by atoms with Crippen LogP contribution in [0.5, 0.6) is 0 Å². The minimum Gasteiger partial charge on any atom is -0.378 e. The molecule has 1 aliphatic rings. The summed E-state index contributed by atoms with van der Waals surface area (Å²) >= 11 is 0. The Labute approximate surface area is 96.9 Å². The predicted octanol–water partition coefficient (Wildman–Crippen LogP) is 2.06. The van der Waals surface area contributed by atoms with E-state index in [1.165, 1.54) is 5.82 Å². The first-order chi connectivity index (χ1) is 7.70. The second-order valence-electron chi connectivity index (χ2n) is 3.32. The topological polar surface area (TPSA) is 48.0 Å². The molecule has 5 nitrogen and oxygen atoms in total. The zero-order valence-electron chi connectivity index (χ0n) is 9.92. The highest BCUT2D eigenvalue weighted by molar-refractivity contribution is 7.57. The number of rotatable bonds is 6. The first-order valence-electron chi connectivity index (χ1n) is 5.60. The molecule has 0 aromatic carbocycles. The van der Waals surface area contributed by atoms with E-state index in [1.807, 2.05) is 4.90 Å². The van der Waals surface area contributed by atoms with Gasteiger partial charge in [0, 0.05) is 25.1 Å². The summed E-state index contributed by atoms with van der Waals surface area (Å²) in [4.78, 5) is 2.05. The van der Waals surface area contributed by atoms with Crippen molar-refractivity contribution in [2.24, 2.45) is 0 Å². The molecule has 1 aliphatic heterocycles. The molecule has 0 amide bonds. The van der Waals surface area contributed by atoms with Crippen LogP contribution in [0.25, 0.3) is 0 Å². The van der Waals surface area contributed by atoms with Gasteiger partial charge < -0.3 is 18.7 Å². The maximum atomic E-state index is 12.1. The van der Waals surface area contributed by atoms with Gasteiger partial charge in [-0.2, -0.15) is 0 Å². The van der Waals surface area contributed by atoms with Crippen molar-refractivity contribution in [2.45, 2.75) is 13.8 Å². The standard InChI is InChI=1S/C10H20NO4P/c1-3-14-16(12,15-4-2)10-7-11-5-8-13-9-6-11/h7,10H,3-6,8-9H2,1-2H3/b10-7+. The summed E-state index contributed by atoms with van der Waals surface area (Å²) in [6.07, 6.45) is 1.79. The van der Waals surface area contributed by atoms with Crippen LogP contribution in [0.2, 0.25) is 0 Å². The fourth-order valence-corrected chi connectivity index (χ4v) is 2.70. The van der Waals surface area contributed by atoms with Crippen LogP contribution in [0.15, 0.2) is 12.0 Å². The fraction of sp³-hybridized carbons (Fsp3) is 0.800. The highest BCUT2D eigenvalue weighted by atomic mass is 31.2. The third kappa shape index (κ3) is 4.66. The van der Waals surface area contributed by atoms with Crippen LogP contribution >= 0.6 is 7.60 Å². The van der Waals surface area contributed by atoms with E-state index < -0.39 is 7.60 Å². The largest absolute Gasteiger partial charge is 0.378 e. The van der Waals surface area contributed by atoms with Crippen molar-refractivity contribution in [1.82, 2.24) is 4.90 Å². The zero-order chi connectivity index (χ0) is 11.9. The Morgan fingerprint density at radius 1 is 1.25 bits per heavy atom. The van der Waals surface area contributed by atoms with Crippen LogP contribution in [-0.4, -0.2) is 44.4 Å². The summed E-state index contributed by atoms with van der Waals surface area (Å²) in [5.74, 6) is 1.53. The van der Waals surface area contributed by atoms with E-state index in [0.717, 1.165) is 13.1 Å². The Bertz CT molecular complexity index is 254. The van der Waals surface area contributed by atoms with Gasteiger partial charge in [-0.1, -0.05) is 0 Å². The highest BCUT2D eigenvalue weighted by Crippen LogP contribution is 2.49. The lowest BCUT2D eigenvalue weighted by atomic mass is 10.5. The van der Waals surface area contributed by atoms with Gasteiger partial charge in [-0.05, 0) is 13.8 Å². The molecule has 0 aromatic heterocycles. The molecule has 0 radical (unpaired) electrons. The molecular formula is C10H20NO4P. The summed E-state index contributed by atoms with van der Waals surface area (Å²) in [6, 6.07) is 0. The molecule has 0 aromatic rings. The SMILES string of the molecule is CCOP(=O)(/C=C/N1CCOCC1)OCC. The van der Waals surface area contributed by atoms with Crippen molar-refractivity contribution < 1.29 is 18.3 Å². The molecule has 1 heterocycles. The summed E-state index contributed by atoms with van der Waals surface area (Å²) in [5, 5.41) is 0. The minimum absolute atomic E-state index is 0.380. The molecule has 0 atom stereocenters.